The Morgan fingerprint density at radius 2 is 2.31 bits per heavy atom. The number of thiophene rings is 1. The molecular formula is C8H11NO3S. The number of carboxylic acids is 1. The quantitative estimate of drug-likeness (QED) is 0.779. The molecule has 1 rings (SSSR count). The molecule has 0 aliphatic heterocycles. The average Bonchev–Trinajstić information content (AvgIpc) is 2.41. The Balaban J connectivity index is 3.29. The van der Waals surface area contributed by atoms with Crippen LogP contribution in [0.15, 0.2) is 0 Å². The van der Waals surface area contributed by atoms with Crippen LogP contribution in [0.1, 0.15) is 22.2 Å². The van der Waals surface area contributed by atoms with Gasteiger partial charge in [0.1, 0.15) is 5.75 Å². The van der Waals surface area contributed by atoms with Gasteiger partial charge in [-0.05, 0) is 6.42 Å². The van der Waals surface area contributed by atoms with Gasteiger partial charge in [0.15, 0.2) is 4.88 Å². The van der Waals surface area contributed by atoms with Gasteiger partial charge in [-0.2, -0.15) is 0 Å². The topological polar surface area (TPSA) is 72.6 Å². The zero-order valence-electron chi connectivity index (χ0n) is 7.46. The molecule has 0 saturated heterocycles. The van der Waals surface area contributed by atoms with Crippen molar-refractivity contribution in [3.63, 3.8) is 0 Å². The molecule has 72 valence electrons. The molecule has 0 aliphatic rings. The summed E-state index contributed by atoms with van der Waals surface area (Å²) < 4.78 is 5.00. The van der Waals surface area contributed by atoms with Crippen LogP contribution < -0.4 is 10.5 Å². The van der Waals surface area contributed by atoms with Gasteiger partial charge in [-0.1, -0.05) is 6.92 Å². The molecule has 4 nitrogen and oxygen atoms in total. The molecule has 0 aliphatic carbocycles. The highest BCUT2D eigenvalue weighted by molar-refractivity contribution is 7.18. The molecule has 0 fully saturated rings. The molecule has 0 bridgehead atoms. The Hall–Kier alpha value is -1.23. The lowest BCUT2D eigenvalue weighted by Gasteiger charge is -2.01. The molecule has 0 radical (unpaired) electrons. The fourth-order valence-electron chi connectivity index (χ4n) is 1.16. The van der Waals surface area contributed by atoms with E-state index in [0.717, 1.165) is 16.9 Å². The van der Waals surface area contributed by atoms with E-state index in [-0.39, 0.29) is 4.88 Å². The summed E-state index contributed by atoms with van der Waals surface area (Å²) in [7, 11) is 1.45. The number of nitrogen functional groups attached to an aromatic ring is 1. The van der Waals surface area contributed by atoms with Crippen molar-refractivity contribution in [1.82, 2.24) is 0 Å². The molecule has 5 heteroatoms. The van der Waals surface area contributed by atoms with Crippen LogP contribution in [0.25, 0.3) is 0 Å². The summed E-state index contributed by atoms with van der Waals surface area (Å²) in [6.07, 6.45) is 0.679. The molecule has 0 amide bonds. The van der Waals surface area contributed by atoms with Gasteiger partial charge in [0.25, 0.3) is 0 Å². The van der Waals surface area contributed by atoms with E-state index in [1.807, 2.05) is 6.92 Å². The van der Waals surface area contributed by atoms with Crippen molar-refractivity contribution in [2.24, 2.45) is 0 Å². The lowest BCUT2D eigenvalue weighted by atomic mass is 10.2. The first-order valence-corrected chi connectivity index (χ1v) is 4.61. The fraction of sp³-hybridized carbons (Fsp3) is 0.375. The highest BCUT2D eigenvalue weighted by atomic mass is 32.1. The van der Waals surface area contributed by atoms with Crippen LogP contribution in [0.4, 0.5) is 5.00 Å². The predicted octanol–water partition coefficient (Wildman–Crippen LogP) is 1.60. The maximum absolute atomic E-state index is 10.7. The van der Waals surface area contributed by atoms with Crippen LogP contribution in [-0.4, -0.2) is 18.2 Å². The third-order valence-corrected chi connectivity index (χ3v) is 2.77. The molecule has 0 aromatic carbocycles. The number of hydrogen-bond donors (Lipinski definition) is 2. The van der Waals surface area contributed by atoms with E-state index in [1.165, 1.54) is 7.11 Å². The summed E-state index contributed by atoms with van der Waals surface area (Å²) >= 11 is 1.05. The summed E-state index contributed by atoms with van der Waals surface area (Å²) in [6, 6.07) is 0. The van der Waals surface area contributed by atoms with Crippen LogP contribution in [0, 0.1) is 0 Å². The van der Waals surface area contributed by atoms with Crippen molar-refractivity contribution in [2.45, 2.75) is 13.3 Å². The molecular weight excluding hydrogens is 190 g/mol. The van der Waals surface area contributed by atoms with Gasteiger partial charge in [0, 0.05) is 5.56 Å². The van der Waals surface area contributed by atoms with Crippen LogP contribution in [0.3, 0.4) is 0 Å². The third kappa shape index (κ3) is 1.60. The number of hydrogen-bond acceptors (Lipinski definition) is 4. The normalized spacial score (nSPS) is 10.0. The van der Waals surface area contributed by atoms with Crippen molar-refractivity contribution in [2.75, 3.05) is 12.8 Å². The molecule has 1 aromatic rings. The van der Waals surface area contributed by atoms with Gasteiger partial charge in [-0.25, -0.2) is 4.79 Å². The summed E-state index contributed by atoms with van der Waals surface area (Å²) in [5.74, 6) is -0.592. The highest BCUT2D eigenvalue weighted by Gasteiger charge is 2.20. The Bertz CT molecular complexity index is 332. The maximum Gasteiger partial charge on any atom is 0.349 e. The Morgan fingerprint density at radius 1 is 1.69 bits per heavy atom. The minimum atomic E-state index is -0.992. The first kappa shape index (κ1) is 9.85. The molecule has 0 spiro atoms. The number of rotatable bonds is 3. The van der Waals surface area contributed by atoms with Crippen LogP contribution in [-0.2, 0) is 6.42 Å². The molecule has 3 N–H and O–H groups in total. The van der Waals surface area contributed by atoms with E-state index >= 15 is 0 Å². The summed E-state index contributed by atoms with van der Waals surface area (Å²) in [4.78, 5) is 10.9. The lowest BCUT2D eigenvalue weighted by Crippen LogP contribution is -1.97. The third-order valence-electron chi connectivity index (χ3n) is 1.74. The number of carbonyl (C=O) groups is 1. The van der Waals surface area contributed by atoms with Crippen LogP contribution >= 0.6 is 11.3 Å². The van der Waals surface area contributed by atoms with Crippen LogP contribution in [0.5, 0.6) is 5.75 Å². The van der Waals surface area contributed by atoms with Gasteiger partial charge < -0.3 is 15.6 Å². The van der Waals surface area contributed by atoms with Crippen molar-refractivity contribution in [1.29, 1.82) is 0 Å². The molecule has 0 unspecified atom stereocenters. The SMILES string of the molecule is CCc1c(N)sc(C(=O)O)c1OC. The van der Waals surface area contributed by atoms with E-state index in [0.29, 0.717) is 17.2 Å². The zero-order chi connectivity index (χ0) is 10.0. The number of methoxy groups -OCH3 is 1. The number of nitrogens with two attached hydrogens (primary N) is 1. The standard InChI is InChI=1S/C8H11NO3S/c1-3-4-5(12-2)6(8(10)11)13-7(4)9/h3,9H2,1-2H3,(H,10,11). The number of anilines is 1. The first-order valence-electron chi connectivity index (χ1n) is 3.80. The van der Waals surface area contributed by atoms with Gasteiger partial charge >= 0.3 is 5.97 Å². The smallest absolute Gasteiger partial charge is 0.349 e. The summed E-state index contributed by atoms with van der Waals surface area (Å²) in [6.45, 7) is 1.91. The molecule has 13 heavy (non-hydrogen) atoms. The molecule has 1 aromatic heterocycles. The maximum atomic E-state index is 10.7. The van der Waals surface area contributed by atoms with Crippen molar-refractivity contribution < 1.29 is 14.6 Å². The number of aromatic carboxylic acids is 1. The van der Waals surface area contributed by atoms with Crippen molar-refractivity contribution in [3.8, 4) is 5.75 Å². The lowest BCUT2D eigenvalue weighted by molar-refractivity contribution is 0.0699. The van der Waals surface area contributed by atoms with E-state index in [2.05, 4.69) is 0 Å². The van der Waals surface area contributed by atoms with Gasteiger partial charge in [-0.3, -0.25) is 0 Å². The number of ether oxygens (including phenoxy) is 1. The van der Waals surface area contributed by atoms with E-state index in [9.17, 15) is 4.79 Å². The van der Waals surface area contributed by atoms with E-state index in [1.54, 1.807) is 0 Å². The Labute approximate surface area is 79.9 Å². The number of carboxylic acid groups (broad SMARTS) is 1. The van der Waals surface area contributed by atoms with Gasteiger partial charge in [0.05, 0.1) is 12.1 Å². The monoisotopic (exact) mass is 201 g/mol. The second kappa shape index (κ2) is 3.66. The molecule has 0 saturated carbocycles. The molecule has 0 atom stereocenters. The molecule has 1 heterocycles. The first-order chi connectivity index (χ1) is 6.11. The Morgan fingerprint density at radius 3 is 2.69 bits per heavy atom. The minimum Gasteiger partial charge on any atom is -0.495 e. The van der Waals surface area contributed by atoms with Crippen molar-refractivity contribution >= 4 is 22.3 Å². The van der Waals surface area contributed by atoms with Crippen LogP contribution in [0.2, 0.25) is 0 Å². The van der Waals surface area contributed by atoms with Gasteiger partial charge in [-0.15, -0.1) is 11.3 Å². The largest absolute Gasteiger partial charge is 0.495 e. The second-order valence-electron chi connectivity index (χ2n) is 2.47. The average molecular weight is 201 g/mol. The summed E-state index contributed by atoms with van der Waals surface area (Å²) in [5, 5.41) is 9.33. The highest BCUT2D eigenvalue weighted by Crippen LogP contribution is 2.37. The minimum absolute atomic E-state index is 0.178. The van der Waals surface area contributed by atoms with E-state index < -0.39 is 5.97 Å². The van der Waals surface area contributed by atoms with E-state index in [4.69, 9.17) is 15.6 Å². The van der Waals surface area contributed by atoms with Gasteiger partial charge in [0.2, 0.25) is 0 Å². The zero-order valence-corrected chi connectivity index (χ0v) is 8.27. The second-order valence-corrected chi connectivity index (χ2v) is 3.52. The fourth-order valence-corrected chi connectivity index (χ4v) is 2.12. The Kier molecular flexibility index (Phi) is 2.77. The summed E-state index contributed by atoms with van der Waals surface area (Å²) in [5.41, 5.74) is 6.42. The van der Waals surface area contributed by atoms with Crippen molar-refractivity contribution in [3.05, 3.63) is 10.4 Å². The predicted molar refractivity (Wildman–Crippen MR) is 51.6 cm³/mol.